The highest BCUT2D eigenvalue weighted by Crippen LogP contribution is 2.13. The number of nitrogens with two attached hydrogens (primary N) is 1. The first kappa shape index (κ1) is 39.0. The molecule has 0 atom stereocenters. The summed E-state index contributed by atoms with van der Waals surface area (Å²) in [5.41, 5.74) is 18.9. The van der Waals surface area contributed by atoms with Crippen LogP contribution in [0.5, 0.6) is 0 Å². The number of nitrogen functional groups attached to an aromatic ring is 1. The van der Waals surface area contributed by atoms with Crippen LogP contribution in [-0.2, 0) is 6.54 Å². The number of halogens is 1. The first-order valence-corrected chi connectivity index (χ1v) is 17.0. The molecule has 0 aliphatic carbocycles. The van der Waals surface area contributed by atoms with Crippen molar-refractivity contribution in [2.45, 2.75) is 48.1 Å². The van der Waals surface area contributed by atoms with Crippen molar-refractivity contribution in [3.05, 3.63) is 196 Å². The molecule has 3 N–H and O–H groups in total. The highest BCUT2D eigenvalue weighted by Gasteiger charge is 1.98. The number of nitrogens with one attached hydrogen (secondary N) is 1. The number of aryl methyl sites for hydroxylation is 6. The Morgan fingerprint density at radius 3 is 1.38 bits per heavy atom. The standard InChI is InChI=1S/C15H17N.C15H15N.C8H7ClO.C7H9N/c2*1-12-3-7-14(8-4-12)11-16-15-9-5-13(2)6-10-15;1-6-2-4-7(5-3-6)8(9)10;1-6-2-4-7(8)5-3-6/h3-10,16H,11H2,1-2H3;3-11H,1-2H3;2-5H,1H3;2-5H,8H2,1H3. The van der Waals surface area contributed by atoms with Crippen LogP contribution in [0.4, 0.5) is 17.1 Å². The minimum atomic E-state index is -0.403. The van der Waals surface area contributed by atoms with Crippen LogP contribution in [0, 0.1) is 41.5 Å². The largest absolute Gasteiger partial charge is 0.399 e. The van der Waals surface area contributed by atoms with Gasteiger partial charge in [0.1, 0.15) is 0 Å². The number of carbonyl (C=O) groups is 1. The zero-order chi connectivity index (χ0) is 36.3. The predicted octanol–water partition coefficient (Wildman–Crippen LogP) is 11.9. The van der Waals surface area contributed by atoms with Gasteiger partial charge in [-0.15, -0.1) is 0 Å². The van der Waals surface area contributed by atoms with E-state index < -0.39 is 5.24 Å². The summed E-state index contributed by atoms with van der Waals surface area (Å²) in [5.74, 6) is 0. The van der Waals surface area contributed by atoms with E-state index in [1.807, 2.05) is 68.6 Å². The summed E-state index contributed by atoms with van der Waals surface area (Å²) in [4.78, 5) is 14.9. The molecule has 6 rings (SSSR count). The Morgan fingerprint density at radius 2 is 0.940 bits per heavy atom. The highest BCUT2D eigenvalue weighted by molar-refractivity contribution is 6.67. The molecule has 0 fully saturated rings. The molecule has 0 aliphatic heterocycles. The van der Waals surface area contributed by atoms with E-state index in [0.29, 0.717) is 5.56 Å². The number of rotatable bonds is 6. The fraction of sp³-hybridized carbons (Fsp3) is 0.156. The van der Waals surface area contributed by atoms with Crippen molar-refractivity contribution in [2.75, 3.05) is 11.1 Å². The van der Waals surface area contributed by atoms with Crippen molar-refractivity contribution in [1.29, 1.82) is 0 Å². The van der Waals surface area contributed by atoms with Crippen molar-refractivity contribution in [3.63, 3.8) is 0 Å². The van der Waals surface area contributed by atoms with Crippen LogP contribution in [0.3, 0.4) is 0 Å². The first-order valence-electron chi connectivity index (χ1n) is 16.6. The van der Waals surface area contributed by atoms with Gasteiger partial charge >= 0.3 is 0 Å². The predicted molar refractivity (Wildman–Crippen MR) is 216 cm³/mol. The van der Waals surface area contributed by atoms with Crippen LogP contribution >= 0.6 is 11.6 Å². The topological polar surface area (TPSA) is 67.5 Å². The molecule has 0 saturated carbocycles. The maximum atomic E-state index is 10.5. The molecule has 256 valence electrons. The number of aliphatic imine (C=N–C) groups is 1. The van der Waals surface area contributed by atoms with Gasteiger partial charge in [0.15, 0.2) is 0 Å². The molecule has 0 amide bonds. The summed E-state index contributed by atoms with van der Waals surface area (Å²) >= 11 is 5.22. The highest BCUT2D eigenvalue weighted by atomic mass is 35.5. The first-order chi connectivity index (χ1) is 24.0. The number of hydrogen-bond donors (Lipinski definition) is 2. The zero-order valence-electron chi connectivity index (χ0n) is 30.0. The lowest BCUT2D eigenvalue weighted by molar-refractivity contribution is 0.108. The van der Waals surface area contributed by atoms with Crippen LogP contribution in [0.15, 0.2) is 151 Å². The van der Waals surface area contributed by atoms with E-state index in [-0.39, 0.29) is 0 Å². The molecule has 0 unspecified atom stereocenters. The Bertz CT molecular complexity index is 1760. The Hall–Kier alpha value is -5.45. The number of carbonyl (C=O) groups excluding carboxylic acids is 1. The van der Waals surface area contributed by atoms with Gasteiger partial charge in [-0.05, 0) is 113 Å². The Kier molecular flexibility index (Phi) is 16.2. The molecule has 6 aromatic rings. The molecule has 0 aromatic heterocycles. The van der Waals surface area contributed by atoms with Crippen LogP contribution in [0.25, 0.3) is 0 Å². The Balaban J connectivity index is 0.000000187. The van der Waals surface area contributed by atoms with Crippen LogP contribution in [0.1, 0.15) is 54.9 Å². The van der Waals surface area contributed by atoms with Gasteiger partial charge in [-0.3, -0.25) is 9.79 Å². The molecule has 0 bridgehead atoms. The second-order valence-corrected chi connectivity index (χ2v) is 12.6. The smallest absolute Gasteiger partial charge is 0.252 e. The van der Waals surface area contributed by atoms with Crippen LogP contribution < -0.4 is 11.1 Å². The van der Waals surface area contributed by atoms with Crippen molar-refractivity contribution in [2.24, 2.45) is 4.99 Å². The van der Waals surface area contributed by atoms with E-state index in [0.717, 1.165) is 29.0 Å². The van der Waals surface area contributed by atoms with Gasteiger partial charge in [-0.1, -0.05) is 130 Å². The third kappa shape index (κ3) is 15.6. The number of benzene rings is 6. The second kappa shape index (κ2) is 20.8. The molecule has 0 heterocycles. The van der Waals surface area contributed by atoms with Gasteiger partial charge < -0.3 is 11.1 Å². The molecular weight excluding hydrogens is 634 g/mol. The van der Waals surface area contributed by atoms with Gasteiger partial charge in [-0.2, -0.15) is 0 Å². The molecule has 0 aliphatic rings. The summed E-state index contributed by atoms with van der Waals surface area (Å²) in [6.07, 6.45) is 1.89. The second-order valence-electron chi connectivity index (χ2n) is 12.3. The van der Waals surface area contributed by atoms with E-state index in [9.17, 15) is 4.79 Å². The molecule has 50 heavy (non-hydrogen) atoms. The molecule has 0 radical (unpaired) electrons. The molecule has 5 heteroatoms. The molecule has 6 aromatic carbocycles. The fourth-order valence-electron chi connectivity index (χ4n) is 4.26. The summed E-state index contributed by atoms with van der Waals surface area (Å²) < 4.78 is 0. The lowest BCUT2D eigenvalue weighted by Crippen LogP contribution is -1.98. The molecule has 4 nitrogen and oxygen atoms in total. The van der Waals surface area contributed by atoms with Gasteiger partial charge in [-0.25, -0.2) is 0 Å². The average molecular weight is 682 g/mol. The van der Waals surface area contributed by atoms with Crippen LogP contribution in [0.2, 0.25) is 0 Å². The Morgan fingerprint density at radius 1 is 0.560 bits per heavy atom. The van der Waals surface area contributed by atoms with E-state index >= 15 is 0 Å². The summed E-state index contributed by atoms with van der Waals surface area (Å²) in [7, 11) is 0. The summed E-state index contributed by atoms with van der Waals surface area (Å²) in [5, 5.41) is 3.00. The van der Waals surface area contributed by atoms with Crippen molar-refractivity contribution in [1.82, 2.24) is 0 Å². The lowest BCUT2D eigenvalue weighted by Gasteiger charge is -2.07. The van der Waals surface area contributed by atoms with Gasteiger partial charge in [0.05, 0.1) is 5.69 Å². The fourth-order valence-corrected chi connectivity index (χ4v) is 4.39. The van der Waals surface area contributed by atoms with Crippen molar-refractivity contribution < 1.29 is 4.79 Å². The maximum absolute atomic E-state index is 10.5. The minimum absolute atomic E-state index is 0.403. The lowest BCUT2D eigenvalue weighted by atomic mass is 10.1. The summed E-state index contributed by atoms with van der Waals surface area (Å²) in [6, 6.07) is 48.6. The third-order valence-electron chi connectivity index (χ3n) is 7.50. The maximum Gasteiger partial charge on any atom is 0.252 e. The zero-order valence-corrected chi connectivity index (χ0v) is 30.7. The Labute approximate surface area is 303 Å². The van der Waals surface area contributed by atoms with Crippen molar-refractivity contribution >= 4 is 40.1 Å². The minimum Gasteiger partial charge on any atom is -0.399 e. The van der Waals surface area contributed by atoms with Gasteiger partial charge in [0.25, 0.3) is 5.24 Å². The number of hydrogen-bond acceptors (Lipinski definition) is 4. The van der Waals surface area contributed by atoms with Crippen LogP contribution in [-0.4, -0.2) is 11.5 Å². The average Bonchev–Trinajstić information content (AvgIpc) is 3.11. The van der Waals surface area contributed by atoms with E-state index in [1.165, 1.54) is 39.1 Å². The quantitative estimate of drug-likeness (QED) is 0.104. The van der Waals surface area contributed by atoms with Gasteiger partial charge in [0, 0.05) is 29.7 Å². The van der Waals surface area contributed by atoms with E-state index in [2.05, 4.69) is 123 Å². The SMILES string of the molecule is Cc1ccc(C(=O)Cl)cc1.Cc1ccc(C=Nc2ccc(C)cc2)cc1.Cc1ccc(CNc2ccc(C)cc2)cc1.Cc1ccc(N)cc1. The molecular formula is C45H48ClN3O. The summed E-state index contributed by atoms with van der Waals surface area (Å²) in [6.45, 7) is 13.3. The molecule has 0 saturated heterocycles. The monoisotopic (exact) mass is 681 g/mol. The number of nitrogens with zero attached hydrogens (tertiary/aromatic N) is 1. The number of anilines is 2. The third-order valence-corrected chi connectivity index (χ3v) is 7.72. The van der Waals surface area contributed by atoms with E-state index in [1.54, 1.807) is 12.1 Å². The van der Waals surface area contributed by atoms with Gasteiger partial charge in [0.2, 0.25) is 0 Å². The van der Waals surface area contributed by atoms with E-state index in [4.69, 9.17) is 17.3 Å². The normalized spacial score (nSPS) is 10.1. The molecule has 0 spiro atoms. The van der Waals surface area contributed by atoms with Crippen molar-refractivity contribution in [3.8, 4) is 0 Å².